The van der Waals surface area contributed by atoms with Crippen molar-refractivity contribution in [2.45, 2.75) is 25.8 Å². The Bertz CT molecular complexity index is 695. The molecule has 23 heavy (non-hydrogen) atoms. The fourth-order valence-corrected chi connectivity index (χ4v) is 3.06. The number of benzene rings is 1. The second kappa shape index (κ2) is 6.68. The Labute approximate surface area is 139 Å². The van der Waals surface area contributed by atoms with Gasteiger partial charge in [0, 0.05) is 16.5 Å². The number of piperidine rings is 1. The van der Waals surface area contributed by atoms with Crippen LogP contribution in [0.1, 0.15) is 31.7 Å². The number of hydrogen-bond acceptors (Lipinski definition) is 5. The largest absolute Gasteiger partial charge is 0.419 e. The maximum absolute atomic E-state index is 11.2. The van der Waals surface area contributed by atoms with Crippen molar-refractivity contribution >= 4 is 17.5 Å². The number of hydrogen-bond donors (Lipinski definition) is 1. The summed E-state index contributed by atoms with van der Waals surface area (Å²) in [5, 5.41) is 8.90. The molecule has 0 spiro atoms. The third-order valence-corrected chi connectivity index (χ3v) is 4.58. The lowest BCUT2D eigenvalue weighted by Crippen LogP contribution is -2.39. The van der Waals surface area contributed by atoms with E-state index in [4.69, 9.17) is 21.8 Å². The molecule has 2 heterocycles. The van der Waals surface area contributed by atoms with Crippen molar-refractivity contribution in [3.63, 3.8) is 0 Å². The first-order valence-electron chi connectivity index (χ1n) is 7.67. The van der Waals surface area contributed by atoms with E-state index < -0.39 is 0 Å². The molecule has 1 saturated heterocycles. The zero-order chi connectivity index (χ0) is 16.4. The first-order chi connectivity index (χ1) is 11.0. The van der Waals surface area contributed by atoms with Crippen LogP contribution in [0.25, 0.3) is 11.5 Å². The molecular weight excluding hydrogens is 316 g/mol. The van der Waals surface area contributed by atoms with E-state index in [0.29, 0.717) is 16.8 Å². The van der Waals surface area contributed by atoms with Crippen LogP contribution >= 0.6 is 11.6 Å². The lowest BCUT2D eigenvalue weighted by molar-refractivity contribution is -0.123. The van der Waals surface area contributed by atoms with Gasteiger partial charge in [0.15, 0.2) is 0 Å². The van der Waals surface area contributed by atoms with Crippen LogP contribution in [0.5, 0.6) is 0 Å². The summed E-state index contributed by atoms with van der Waals surface area (Å²) in [6.07, 6.45) is 1.55. The highest BCUT2D eigenvalue weighted by molar-refractivity contribution is 6.30. The molecule has 2 aromatic rings. The van der Waals surface area contributed by atoms with Gasteiger partial charge in [-0.15, -0.1) is 10.2 Å². The Kier molecular flexibility index (Phi) is 4.63. The summed E-state index contributed by atoms with van der Waals surface area (Å²) >= 11 is 5.99. The Hall–Kier alpha value is -1.92. The van der Waals surface area contributed by atoms with Gasteiger partial charge in [0.2, 0.25) is 17.7 Å². The first kappa shape index (κ1) is 16.0. The summed E-state index contributed by atoms with van der Waals surface area (Å²) in [6.45, 7) is 3.62. The Balaban J connectivity index is 1.69. The lowest BCUT2D eigenvalue weighted by Gasteiger charge is -2.33. The molecule has 0 radical (unpaired) electrons. The van der Waals surface area contributed by atoms with E-state index in [1.54, 1.807) is 12.1 Å². The van der Waals surface area contributed by atoms with Crippen molar-refractivity contribution in [3.8, 4) is 11.5 Å². The van der Waals surface area contributed by atoms with Gasteiger partial charge in [-0.2, -0.15) is 0 Å². The highest BCUT2D eigenvalue weighted by Crippen LogP contribution is 2.28. The summed E-state index contributed by atoms with van der Waals surface area (Å²) in [7, 11) is 0. The van der Waals surface area contributed by atoms with Crippen LogP contribution in [0.4, 0.5) is 0 Å². The predicted molar refractivity (Wildman–Crippen MR) is 86.7 cm³/mol. The number of rotatable bonds is 4. The fraction of sp³-hybridized carbons (Fsp3) is 0.438. The van der Waals surface area contributed by atoms with Gasteiger partial charge in [0.05, 0.1) is 6.04 Å². The monoisotopic (exact) mass is 334 g/mol. The van der Waals surface area contributed by atoms with Crippen LogP contribution in [-0.4, -0.2) is 34.1 Å². The van der Waals surface area contributed by atoms with Gasteiger partial charge in [0.25, 0.3) is 0 Å². The number of nitrogens with zero attached hydrogens (tertiary/aromatic N) is 3. The van der Waals surface area contributed by atoms with Crippen molar-refractivity contribution in [2.24, 2.45) is 11.7 Å². The van der Waals surface area contributed by atoms with Gasteiger partial charge >= 0.3 is 0 Å². The molecule has 1 fully saturated rings. The van der Waals surface area contributed by atoms with E-state index in [0.717, 1.165) is 31.5 Å². The standard InChI is InChI=1S/C16H19ClN4O2/c1-10(21-7-5-11(6-8-21)14(18)22)15-19-20-16(23-15)12-3-2-4-13(17)9-12/h2-4,9-11H,5-8H2,1H3,(H2,18,22). The predicted octanol–water partition coefficient (Wildman–Crippen LogP) is 2.65. The van der Waals surface area contributed by atoms with E-state index in [1.807, 2.05) is 19.1 Å². The molecule has 7 heteroatoms. The maximum atomic E-state index is 11.2. The van der Waals surface area contributed by atoms with E-state index >= 15 is 0 Å². The highest BCUT2D eigenvalue weighted by Gasteiger charge is 2.28. The average molecular weight is 335 g/mol. The molecule has 1 aliphatic rings. The number of amides is 1. The molecule has 0 saturated carbocycles. The molecule has 1 aliphatic heterocycles. The number of nitrogens with two attached hydrogens (primary N) is 1. The van der Waals surface area contributed by atoms with Gasteiger partial charge in [-0.05, 0) is 51.1 Å². The first-order valence-corrected chi connectivity index (χ1v) is 8.05. The van der Waals surface area contributed by atoms with Crippen LogP contribution in [0, 0.1) is 5.92 Å². The SMILES string of the molecule is CC(c1nnc(-c2cccc(Cl)c2)o1)N1CCC(C(N)=O)CC1. The molecule has 2 N–H and O–H groups in total. The third kappa shape index (κ3) is 3.54. The maximum Gasteiger partial charge on any atom is 0.247 e. The third-order valence-electron chi connectivity index (χ3n) is 4.35. The van der Waals surface area contributed by atoms with Crippen molar-refractivity contribution in [2.75, 3.05) is 13.1 Å². The number of likely N-dealkylation sites (tertiary alicyclic amines) is 1. The zero-order valence-electron chi connectivity index (χ0n) is 12.9. The lowest BCUT2D eigenvalue weighted by atomic mass is 9.95. The topological polar surface area (TPSA) is 85.2 Å². The van der Waals surface area contributed by atoms with Crippen LogP contribution in [-0.2, 0) is 4.79 Å². The van der Waals surface area contributed by atoms with Crippen molar-refractivity contribution < 1.29 is 9.21 Å². The van der Waals surface area contributed by atoms with Crippen LogP contribution in [0.2, 0.25) is 5.02 Å². The summed E-state index contributed by atoms with van der Waals surface area (Å²) in [6, 6.07) is 7.32. The normalized spacial score (nSPS) is 18.0. The molecule has 3 rings (SSSR count). The van der Waals surface area contributed by atoms with Crippen molar-refractivity contribution in [3.05, 3.63) is 35.2 Å². The molecule has 1 atom stereocenters. The Morgan fingerprint density at radius 2 is 2.13 bits per heavy atom. The Morgan fingerprint density at radius 3 is 2.78 bits per heavy atom. The van der Waals surface area contributed by atoms with Gasteiger partial charge in [0.1, 0.15) is 0 Å². The second-order valence-electron chi connectivity index (χ2n) is 5.84. The van der Waals surface area contributed by atoms with E-state index in [1.165, 1.54) is 0 Å². The summed E-state index contributed by atoms with van der Waals surface area (Å²) < 4.78 is 5.80. The Morgan fingerprint density at radius 1 is 1.39 bits per heavy atom. The summed E-state index contributed by atoms with van der Waals surface area (Å²) in [5.74, 6) is 0.792. The molecule has 1 aromatic heterocycles. The summed E-state index contributed by atoms with van der Waals surface area (Å²) in [5.41, 5.74) is 6.17. The van der Waals surface area contributed by atoms with E-state index in [9.17, 15) is 4.79 Å². The number of carbonyl (C=O) groups excluding carboxylic acids is 1. The number of primary amides is 1. The molecule has 122 valence electrons. The fourth-order valence-electron chi connectivity index (χ4n) is 2.87. The van der Waals surface area contributed by atoms with Gasteiger partial charge in [-0.25, -0.2) is 0 Å². The molecule has 0 bridgehead atoms. The number of aromatic nitrogens is 2. The smallest absolute Gasteiger partial charge is 0.247 e. The van der Waals surface area contributed by atoms with Crippen molar-refractivity contribution in [1.82, 2.24) is 15.1 Å². The molecule has 1 aromatic carbocycles. The zero-order valence-corrected chi connectivity index (χ0v) is 13.7. The van der Waals surface area contributed by atoms with Crippen LogP contribution < -0.4 is 5.73 Å². The van der Waals surface area contributed by atoms with E-state index in [2.05, 4.69) is 15.1 Å². The highest BCUT2D eigenvalue weighted by atomic mass is 35.5. The molecular formula is C16H19ClN4O2. The van der Waals surface area contributed by atoms with Gasteiger partial charge in [-0.1, -0.05) is 17.7 Å². The minimum atomic E-state index is -0.210. The second-order valence-corrected chi connectivity index (χ2v) is 6.28. The van der Waals surface area contributed by atoms with Crippen molar-refractivity contribution in [1.29, 1.82) is 0 Å². The van der Waals surface area contributed by atoms with E-state index in [-0.39, 0.29) is 17.9 Å². The quantitative estimate of drug-likeness (QED) is 0.929. The summed E-state index contributed by atoms with van der Waals surface area (Å²) in [4.78, 5) is 13.5. The number of halogens is 1. The molecule has 0 aliphatic carbocycles. The van der Waals surface area contributed by atoms with Gasteiger partial charge in [-0.3, -0.25) is 9.69 Å². The minimum Gasteiger partial charge on any atom is -0.419 e. The van der Waals surface area contributed by atoms with Gasteiger partial charge < -0.3 is 10.2 Å². The van der Waals surface area contributed by atoms with Crippen LogP contribution in [0.3, 0.4) is 0 Å². The molecule has 1 unspecified atom stereocenters. The minimum absolute atomic E-state index is 0.00395. The average Bonchev–Trinajstić information content (AvgIpc) is 3.04. The number of carbonyl (C=O) groups is 1. The molecule has 6 nitrogen and oxygen atoms in total. The molecule has 1 amide bonds. The van der Waals surface area contributed by atoms with Crippen LogP contribution in [0.15, 0.2) is 28.7 Å².